The highest BCUT2D eigenvalue weighted by Crippen LogP contribution is 2.21. The van der Waals surface area contributed by atoms with E-state index in [1.54, 1.807) is 11.3 Å². The van der Waals surface area contributed by atoms with Crippen LogP contribution in [0, 0.1) is 5.51 Å². The highest BCUT2D eigenvalue weighted by molar-refractivity contribution is 7.91. The topological polar surface area (TPSA) is 50.3 Å². The molecule has 0 aromatic carbocycles. The molecule has 6 heteroatoms. The molecule has 0 spiro atoms. The molecule has 1 aromatic rings. The number of sulfone groups is 1. The van der Waals surface area contributed by atoms with Crippen molar-refractivity contribution < 1.29 is 8.42 Å². The molecule has 0 aliphatic carbocycles. The minimum atomic E-state index is -2.94. The maximum absolute atomic E-state index is 11.5. The van der Waals surface area contributed by atoms with Gasteiger partial charge in [0.2, 0.25) is 0 Å². The monoisotopic (exact) mass is 285 g/mol. The average molecular weight is 285 g/mol. The molecule has 0 unspecified atom stereocenters. The molecule has 99 valence electrons. The summed E-state index contributed by atoms with van der Waals surface area (Å²) >= 11 is 1.57. The van der Waals surface area contributed by atoms with E-state index < -0.39 is 9.84 Å². The molecule has 0 atom stereocenters. The fourth-order valence-corrected chi connectivity index (χ4v) is 3.95. The van der Waals surface area contributed by atoms with Crippen molar-refractivity contribution in [1.29, 1.82) is 0 Å². The number of aromatic nitrogens is 1. The van der Waals surface area contributed by atoms with E-state index in [1.165, 1.54) is 11.0 Å². The SMILES string of the molecule is C=CCS(=O)(=O)CCCN1CCc2n[c]sc2C1. The third-order valence-corrected chi connectivity index (χ3v) is 5.45. The number of hydrogen-bond donors (Lipinski definition) is 0. The van der Waals surface area contributed by atoms with Crippen LogP contribution in [0.4, 0.5) is 0 Å². The first kappa shape index (κ1) is 13.7. The Labute approximate surface area is 112 Å². The molecular formula is C12H17N2O2S2. The lowest BCUT2D eigenvalue weighted by atomic mass is 10.2. The first-order valence-electron chi connectivity index (χ1n) is 5.99. The number of rotatable bonds is 6. The molecule has 2 rings (SSSR count). The quantitative estimate of drug-likeness (QED) is 0.739. The summed E-state index contributed by atoms with van der Waals surface area (Å²) in [6.45, 7) is 6.14. The molecule has 0 saturated carbocycles. The summed E-state index contributed by atoms with van der Waals surface area (Å²) in [5, 5.41) is 0. The average Bonchev–Trinajstić information content (AvgIpc) is 2.75. The van der Waals surface area contributed by atoms with Gasteiger partial charge in [0.05, 0.1) is 17.2 Å². The molecule has 2 heterocycles. The maximum atomic E-state index is 11.5. The number of fused-ring (bicyclic) bond motifs is 1. The van der Waals surface area contributed by atoms with Gasteiger partial charge in [0, 0.05) is 24.4 Å². The standard InChI is InChI=1S/C12H17N2O2S2/c1-2-7-18(15,16)8-3-5-14-6-4-11-12(9-14)17-10-13-11/h2H,1,3-9H2. The van der Waals surface area contributed by atoms with E-state index in [1.807, 2.05) is 0 Å². The second-order valence-corrected chi connectivity index (χ2v) is 7.57. The van der Waals surface area contributed by atoms with Crippen LogP contribution in [0.1, 0.15) is 17.0 Å². The second-order valence-electron chi connectivity index (χ2n) is 4.46. The molecule has 0 N–H and O–H groups in total. The van der Waals surface area contributed by atoms with E-state index >= 15 is 0 Å². The summed E-state index contributed by atoms with van der Waals surface area (Å²) in [7, 11) is -2.94. The zero-order chi connectivity index (χ0) is 13.0. The summed E-state index contributed by atoms with van der Waals surface area (Å²) in [5.74, 6) is 0.331. The zero-order valence-corrected chi connectivity index (χ0v) is 11.9. The minimum Gasteiger partial charge on any atom is -0.298 e. The fraction of sp³-hybridized carbons (Fsp3) is 0.583. The normalized spacial score (nSPS) is 16.4. The van der Waals surface area contributed by atoms with Gasteiger partial charge in [-0.25, -0.2) is 13.4 Å². The lowest BCUT2D eigenvalue weighted by Gasteiger charge is -2.25. The van der Waals surface area contributed by atoms with Crippen LogP contribution in [0.2, 0.25) is 0 Å². The van der Waals surface area contributed by atoms with Gasteiger partial charge in [0.15, 0.2) is 15.3 Å². The van der Waals surface area contributed by atoms with E-state index in [4.69, 9.17) is 0 Å². The van der Waals surface area contributed by atoms with Crippen LogP contribution < -0.4 is 0 Å². The van der Waals surface area contributed by atoms with Gasteiger partial charge in [0.1, 0.15) is 0 Å². The van der Waals surface area contributed by atoms with Gasteiger partial charge in [-0.2, -0.15) is 0 Å². The Kier molecular flexibility index (Phi) is 4.53. The van der Waals surface area contributed by atoms with E-state index in [0.29, 0.717) is 6.42 Å². The van der Waals surface area contributed by atoms with E-state index in [2.05, 4.69) is 22.0 Å². The van der Waals surface area contributed by atoms with Crippen LogP contribution in [-0.4, -0.2) is 42.9 Å². The highest BCUT2D eigenvalue weighted by atomic mass is 32.2. The molecule has 18 heavy (non-hydrogen) atoms. The van der Waals surface area contributed by atoms with Crippen molar-refractivity contribution in [3.05, 3.63) is 28.7 Å². The first-order valence-corrected chi connectivity index (χ1v) is 8.63. The number of thiazole rings is 1. The van der Waals surface area contributed by atoms with Crippen LogP contribution in [0.25, 0.3) is 0 Å². The fourth-order valence-electron chi connectivity index (χ4n) is 2.08. The van der Waals surface area contributed by atoms with Gasteiger partial charge in [0.25, 0.3) is 0 Å². The summed E-state index contributed by atoms with van der Waals surface area (Å²) in [6.07, 6.45) is 3.10. The van der Waals surface area contributed by atoms with Crippen LogP contribution in [0.15, 0.2) is 12.7 Å². The molecule has 0 fully saturated rings. The van der Waals surface area contributed by atoms with Crippen LogP contribution >= 0.6 is 11.3 Å². The van der Waals surface area contributed by atoms with Crippen molar-refractivity contribution in [2.45, 2.75) is 19.4 Å². The first-order chi connectivity index (χ1) is 8.61. The molecule has 0 amide bonds. The van der Waals surface area contributed by atoms with Crippen LogP contribution in [-0.2, 0) is 22.8 Å². The lowest BCUT2D eigenvalue weighted by molar-refractivity contribution is 0.256. The molecular weight excluding hydrogens is 268 g/mol. The van der Waals surface area contributed by atoms with Crippen molar-refractivity contribution in [2.75, 3.05) is 24.6 Å². The Hall–Kier alpha value is -0.720. The number of nitrogens with zero attached hydrogens (tertiary/aromatic N) is 2. The molecule has 1 aliphatic rings. The van der Waals surface area contributed by atoms with E-state index in [9.17, 15) is 8.42 Å². The molecule has 0 bridgehead atoms. The summed E-state index contributed by atoms with van der Waals surface area (Å²) < 4.78 is 23.1. The van der Waals surface area contributed by atoms with Gasteiger partial charge in [-0.3, -0.25) is 4.90 Å². The van der Waals surface area contributed by atoms with Crippen LogP contribution in [0.3, 0.4) is 0 Å². The van der Waals surface area contributed by atoms with Gasteiger partial charge in [-0.15, -0.1) is 17.9 Å². The Morgan fingerprint density at radius 3 is 3.17 bits per heavy atom. The largest absolute Gasteiger partial charge is 0.298 e. The van der Waals surface area contributed by atoms with Crippen molar-refractivity contribution in [3.63, 3.8) is 0 Å². The summed E-state index contributed by atoms with van der Waals surface area (Å²) in [6, 6.07) is 0. The number of hydrogen-bond acceptors (Lipinski definition) is 5. The summed E-state index contributed by atoms with van der Waals surface area (Å²) in [4.78, 5) is 7.76. The predicted molar refractivity (Wildman–Crippen MR) is 73.4 cm³/mol. The third kappa shape index (κ3) is 3.63. The van der Waals surface area contributed by atoms with E-state index in [0.717, 1.165) is 31.7 Å². The molecule has 1 radical (unpaired) electrons. The minimum absolute atomic E-state index is 0.0843. The van der Waals surface area contributed by atoms with Crippen molar-refractivity contribution in [2.24, 2.45) is 0 Å². The summed E-state index contributed by atoms with van der Waals surface area (Å²) in [5.41, 5.74) is 4.08. The molecule has 4 nitrogen and oxygen atoms in total. The Morgan fingerprint density at radius 2 is 2.39 bits per heavy atom. The van der Waals surface area contributed by atoms with Crippen molar-refractivity contribution in [1.82, 2.24) is 9.88 Å². The van der Waals surface area contributed by atoms with Gasteiger partial charge < -0.3 is 0 Å². The van der Waals surface area contributed by atoms with E-state index in [-0.39, 0.29) is 11.5 Å². The zero-order valence-electron chi connectivity index (χ0n) is 10.3. The molecule has 0 saturated heterocycles. The third-order valence-electron chi connectivity index (χ3n) is 3.00. The maximum Gasteiger partial charge on any atom is 0.153 e. The second kappa shape index (κ2) is 5.95. The van der Waals surface area contributed by atoms with Gasteiger partial charge in [-0.05, 0) is 13.0 Å². The van der Waals surface area contributed by atoms with Crippen molar-refractivity contribution >= 4 is 21.2 Å². The molecule has 1 aliphatic heterocycles. The lowest BCUT2D eigenvalue weighted by Crippen LogP contribution is -2.31. The Balaban J connectivity index is 1.78. The Morgan fingerprint density at radius 1 is 1.56 bits per heavy atom. The Bertz CT molecular complexity index is 508. The van der Waals surface area contributed by atoms with Gasteiger partial charge in [-0.1, -0.05) is 6.08 Å². The molecule has 1 aromatic heterocycles. The van der Waals surface area contributed by atoms with Crippen LogP contribution in [0.5, 0.6) is 0 Å². The smallest absolute Gasteiger partial charge is 0.153 e. The van der Waals surface area contributed by atoms with Gasteiger partial charge >= 0.3 is 0 Å². The highest BCUT2D eigenvalue weighted by Gasteiger charge is 2.18. The van der Waals surface area contributed by atoms with Crippen molar-refractivity contribution in [3.8, 4) is 0 Å². The predicted octanol–water partition coefficient (Wildman–Crippen LogP) is 1.29.